The molecule has 2 aliphatic rings. The Balaban J connectivity index is 0.00000162. The average Bonchev–Trinajstić information content (AvgIpc) is 2.66. The standard InChI is InChI=1S/C10H19N3O2S2.HI/c11-10(13-3-5-16-6-4-13)12-8-9-2-1-7-17(9,14)15;/h9H,1-8H2,(H2,11,12);1H. The molecule has 2 heterocycles. The van der Waals surface area contributed by atoms with Gasteiger partial charge in [0.05, 0.1) is 17.5 Å². The third-order valence-electron chi connectivity index (χ3n) is 3.25. The average molecular weight is 405 g/mol. The first-order valence-corrected chi connectivity index (χ1v) is 8.81. The zero-order valence-electron chi connectivity index (χ0n) is 10.2. The van der Waals surface area contributed by atoms with E-state index in [9.17, 15) is 8.42 Å². The molecule has 18 heavy (non-hydrogen) atoms. The molecular weight excluding hydrogens is 385 g/mol. The molecule has 0 saturated carbocycles. The predicted octanol–water partition coefficient (Wildman–Crippen LogP) is 0.545. The van der Waals surface area contributed by atoms with Crippen molar-refractivity contribution < 1.29 is 8.42 Å². The highest BCUT2D eigenvalue weighted by molar-refractivity contribution is 14.0. The Bertz CT molecular complexity index is 394. The Hall–Kier alpha value is 0.300. The van der Waals surface area contributed by atoms with Gasteiger partial charge in [-0.05, 0) is 12.8 Å². The molecule has 5 nitrogen and oxygen atoms in total. The van der Waals surface area contributed by atoms with E-state index < -0.39 is 9.84 Å². The normalized spacial score (nSPS) is 27.9. The van der Waals surface area contributed by atoms with Crippen LogP contribution in [0.1, 0.15) is 12.8 Å². The first-order valence-electron chi connectivity index (χ1n) is 5.94. The van der Waals surface area contributed by atoms with Crippen LogP contribution in [0.25, 0.3) is 0 Å². The van der Waals surface area contributed by atoms with Gasteiger partial charge in [-0.25, -0.2) is 8.42 Å². The number of thioether (sulfide) groups is 1. The van der Waals surface area contributed by atoms with Gasteiger partial charge in [-0.1, -0.05) is 0 Å². The molecule has 0 aromatic rings. The smallest absolute Gasteiger partial charge is 0.191 e. The summed E-state index contributed by atoms with van der Waals surface area (Å²) in [6.07, 6.45) is 1.50. The van der Waals surface area contributed by atoms with Crippen molar-refractivity contribution in [2.45, 2.75) is 18.1 Å². The van der Waals surface area contributed by atoms with E-state index in [-0.39, 0.29) is 29.2 Å². The van der Waals surface area contributed by atoms with E-state index >= 15 is 0 Å². The number of sulfone groups is 1. The molecule has 2 rings (SSSR count). The van der Waals surface area contributed by atoms with Crippen LogP contribution in [0.2, 0.25) is 0 Å². The van der Waals surface area contributed by atoms with Crippen LogP contribution in [0.15, 0.2) is 4.99 Å². The molecule has 0 aromatic heterocycles. The molecule has 0 radical (unpaired) electrons. The highest BCUT2D eigenvalue weighted by Crippen LogP contribution is 2.20. The summed E-state index contributed by atoms with van der Waals surface area (Å²) in [5.74, 6) is 2.95. The highest BCUT2D eigenvalue weighted by atomic mass is 127. The molecular formula is C10H20IN3O2S2. The minimum absolute atomic E-state index is 0. The molecule has 0 amide bonds. The molecule has 0 aromatic carbocycles. The number of aliphatic imine (C=N–C) groups is 1. The van der Waals surface area contributed by atoms with Crippen LogP contribution in [0.4, 0.5) is 0 Å². The van der Waals surface area contributed by atoms with Crippen LogP contribution < -0.4 is 5.73 Å². The molecule has 2 aliphatic heterocycles. The fourth-order valence-corrected chi connectivity index (χ4v) is 4.78. The quantitative estimate of drug-likeness (QED) is 0.413. The van der Waals surface area contributed by atoms with E-state index in [0.29, 0.717) is 18.3 Å². The summed E-state index contributed by atoms with van der Waals surface area (Å²) in [6, 6.07) is 0. The molecule has 1 unspecified atom stereocenters. The summed E-state index contributed by atoms with van der Waals surface area (Å²) in [5, 5.41) is -0.305. The second-order valence-electron chi connectivity index (χ2n) is 4.43. The number of hydrogen-bond acceptors (Lipinski definition) is 4. The summed E-state index contributed by atoms with van der Waals surface area (Å²) in [6.45, 7) is 2.16. The van der Waals surface area contributed by atoms with E-state index in [1.54, 1.807) is 0 Å². The summed E-state index contributed by atoms with van der Waals surface area (Å²) < 4.78 is 23.2. The number of nitrogens with two attached hydrogens (primary N) is 1. The number of guanidine groups is 1. The molecule has 0 spiro atoms. The van der Waals surface area contributed by atoms with Gasteiger partial charge in [-0.2, -0.15) is 11.8 Å². The van der Waals surface area contributed by atoms with Gasteiger partial charge in [0.25, 0.3) is 0 Å². The van der Waals surface area contributed by atoms with Crippen molar-refractivity contribution in [3.05, 3.63) is 0 Å². The van der Waals surface area contributed by atoms with Crippen molar-refractivity contribution in [1.29, 1.82) is 0 Å². The van der Waals surface area contributed by atoms with Crippen LogP contribution in [-0.4, -0.2) is 61.4 Å². The fourth-order valence-electron chi connectivity index (χ4n) is 2.15. The van der Waals surface area contributed by atoms with Crippen molar-refractivity contribution in [3.8, 4) is 0 Å². The SMILES string of the molecule is I.NC(=NCC1CCCS1(=O)=O)N1CCSCC1. The maximum absolute atomic E-state index is 11.6. The lowest BCUT2D eigenvalue weighted by Gasteiger charge is -2.27. The maximum Gasteiger partial charge on any atom is 0.191 e. The van der Waals surface area contributed by atoms with E-state index in [0.717, 1.165) is 37.4 Å². The lowest BCUT2D eigenvalue weighted by atomic mass is 10.2. The van der Waals surface area contributed by atoms with Crippen molar-refractivity contribution >= 4 is 51.5 Å². The predicted molar refractivity (Wildman–Crippen MR) is 87.6 cm³/mol. The summed E-state index contributed by atoms with van der Waals surface area (Å²) in [7, 11) is -2.90. The number of rotatable bonds is 2. The van der Waals surface area contributed by atoms with Crippen LogP contribution >= 0.6 is 35.7 Å². The molecule has 0 bridgehead atoms. The molecule has 2 N–H and O–H groups in total. The maximum atomic E-state index is 11.6. The van der Waals surface area contributed by atoms with E-state index in [2.05, 4.69) is 4.99 Å². The second kappa shape index (κ2) is 7.18. The molecule has 2 fully saturated rings. The van der Waals surface area contributed by atoms with E-state index in [4.69, 9.17) is 5.73 Å². The fraction of sp³-hybridized carbons (Fsp3) is 0.900. The van der Waals surface area contributed by atoms with Crippen LogP contribution in [-0.2, 0) is 9.84 Å². The minimum atomic E-state index is -2.90. The van der Waals surface area contributed by atoms with E-state index in [1.165, 1.54) is 0 Å². The molecule has 8 heteroatoms. The first-order chi connectivity index (χ1) is 8.09. The Morgan fingerprint density at radius 2 is 2.06 bits per heavy atom. The number of hydrogen-bond donors (Lipinski definition) is 1. The van der Waals surface area contributed by atoms with E-state index in [1.807, 2.05) is 16.7 Å². The van der Waals surface area contributed by atoms with Crippen molar-refractivity contribution in [2.24, 2.45) is 10.7 Å². The lowest BCUT2D eigenvalue weighted by molar-refractivity contribution is 0.455. The summed E-state index contributed by atoms with van der Waals surface area (Å²) >= 11 is 1.91. The summed E-state index contributed by atoms with van der Waals surface area (Å²) in [4.78, 5) is 6.30. The summed E-state index contributed by atoms with van der Waals surface area (Å²) in [5.41, 5.74) is 5.89. The Morgan fingerprint density at radius 3 is 2.61 bits per heavy atom. The zero-order valence-corrected chi connectivity index (χ0v) is 14.2. The Morgan fingerprint density at radius 1 is 1.39 bits per heavy atom. The van der Waals surface area contributed by atoms with Gasteiger partial charge in [0.2, 0.25) is 0 Å². The van der Waals surface area contributed by atoms with Crippen molar-refractivity contribution in [3.63, 3.8) is 0 Å². The largest absolute Gasteiger partial charge is 0.370 e. The van der Waals surface area contributed by atoms with Crippen LogP contribution in [0, 0.1) is 0 Å². The van der Waals surface area contributed by atoms with Gasteiger partial charge < -0.3 is 10.6 Å². The zero-order chi connectivity index (χ0) is 12.3. The van der Waals surface area contributed by atoms with Gasteiger partial charge in [-0.3, -0.25) is 4.99 Å². The number of halogens is 1. The lowest BCUT2D eigenvalue weighted by Crippen LogP contribution is -2.43. The highest BCUT2D eigenvalue weighted by Gasteiger charge is 2.31. The van der Waals surface area contributed by atoms with Gasteiger partial charge in [0.1, 0.15) is 0 Å². The third-order valence-corrected chi connectivity index (χ3v) is 6.46. The van der Waals surface area contributed by atoms with Crippen molar-refractivity contribution in [2.75, 3.05) is 36.9 Å². The van der Waals surface area contributed by atoms with Crippen LogP contribution in [0.3, 0.4) is 0 Å². The molecule has 1 atom stereocenters. The second-order valence-corrected chi connectivity index (χ2v) is 8.05. The van der Waals surface area contributed by atoms with Crippen molar-refractivity contribution in [1.82, 2.24) is 4.90 Å². The van der Waals surface area contributed by atoms with Gasteiger partial charge in [0.15, 0.2) is 15.8 Å². The monoisotopic (exact) mass is 405 g/mol. The van der Waals surface area contributed by atoms with Gasteiger partial charge in [0, 0.05) is 24.6 Å². The van der Waals surface area contributed by atoms with Crippen LogP contribution in [0.5, 0.6) is 0 Å². The minimum Gasteiger partial charge on any atom is -0.370 e. The Kier molecular flexibility index (Phi) is 6.52. The van der Waals surface area contributed by atoms with Gasteiger partial charge >= 0.3 is 0 Å². The topological polar surface area (TPSA) is 75.8 Å². The molecule has 106 valence electrons. The van der Waals surface area contributed by atoms with Gasteiger partial charge in [-0.15, -0.1) is 24.0 Å². The molecule has 0 aliphatic carbocycles. The third kappa shape index (κ3) is 4.16. The Labute approximate surface area is 130 Å². The number of nitrogens with zero attached hydrogens (tertiary/aromatic N) is 2. The molecule has 2 saturated heterocycles. The first kappa shape index (κ1) is 16.4.